The molecule has 4 rings (SSSR count). The summed E-state index contributed by atoms with van der Waals surface area (Å²) in [5.74, 6) is -1.53. The molecule has 0 spiro atoms. The second kappa shape index (κ2) is 8.56. The SMILES string of the molecule is Cc1nc2nc(C(F)(F)F)nn2c(C)c1CCC(=O)OC(C)c1nc(-c2cccnc2)no1. The van der Waals surface area contributed by atoms with Crippen LogP contribution in [0.3, 0.4) is 0 Å². The lowest BCUT2D eigenvalue weighted by molar-refractivity contribution is -0.149. The van der Waals surface area contributed by atoms with Crippen LogP contribution in [0, 0.1) is 13.8 Å². The number of rotatable bonds is 6. The number of alkyl halides is 3. The molecular weight excluding hydrogens is 443 g/mol. The molecule has 0 saturated carbocycles. The molecule has 0 fully saturated rings. The predicted molar refractivity (Wildman–Crippen MR) is 106 cm³/mol. The molecule has 0 aliphatic rings. The monoisotopic (exact) mass is 461 g/mol. The fourth-order valence-corrected chi connectivity index (χ4v) is 3.24. The van der Waals surface area contributed by atoms with Crippen LogP contribution in [0.2, 0.25) is 0 Å². The highest BCUT2D eigenvalue weighted by atomic mass is 19.4. The first-order chi connectivity index (χ1) is 15.6. The zero-order valence-corrected chi connectivity index (χ0v) is 17.8. The molecule has 0 aliphatic carbocycles. The van der Waals surface area contributed by atoms with Crippen LogP contribution in [0.25, 0.3) is 17.2 Å². The first kappa shape index (κ1) is 22.3. The Morgan fingerprint density at radius 2 is 2.03 bits per heavy atom. The quantitative estimate of drug-likeness (QED) is 0.398. The van der Waals surface area contributed by atoms with Crippen molar-refractivity contribution >= 4 is 11.7 Å². The van der Waals surface area contributed by atoms with Crippen molar-refractivity contribution in [3.05, 3.63) is 53.2 Å². The number of carbonyl (C=O) groups is 1. The second-order valence-corrected chi connectivity index (χ2v) is 7.24. The van der Waals surface area contributed by atoms with Gasteiger partial charge in [-0.3, -0.25) is 9.78 Å². The number of halogens is 3. The van der Waals surface area contributed by atoms with Crippen molar-refractivity contribution in [2.75, 3.05) is 0 Å². The largest absolute Gasteiger partial charge is 0.453 e. The average molecular weight is 461 g/mol. The van der Waals surface area contributed by atoms with Gasteiger partial charge in [0.15, 0.2) is 6.10 Å². The molecule has 1 unspecified atom stereocenters. The van der Waals surface area contributed by atoms with E-state index >= 15 is 0 Å². The zero-order chi connectivity index (χ0) is 23.8. The summed E-state index contributed by atoms with van der Waals surface area (Å²) >= 11 is 0. The van der Waals surface area contributed by atoms with E-state index in [4.69, 9.17) is 9.26 Å². The Kier molecular flexibility index (Phi) is 5.78. The fraction of sp³-hybridized carbons (Fsp3) is 0.350. The van der Waals surface area contributed by atoms with Crippen LogP contribution in [0.15, 0.2) is 29.0 Å². The van der Waals surface area contributed by atoms with Crippen molar-refractivity contribution in [1.29, 1.82) is 0 Å². The van der Waals surface area contributed by atoms with Gasteiger partial charge in [0.2, 0.25) is 5.82 Å². The van der Waals surface area contributed by atoms with E-state index in [1.165, 1.54) is 0 Å². The molecular formula is C20H18F3N7O3. The van der Waals surface area contributed by atoms with E-state index in [1.54, 1.807) is 45.3 Å². The number of esters is 1. The maximum absolute atomic E-state index is 12.9. The topological polar surface area (TPSA) is 121 Å². The summed E-state index contributed by atoms with van der Waals surface area (Å²) in [6.45, 7) is 4.82. The number of nitrogens with zero attached hydrogens (tertiary/aromatic N) is 7. The Bertz CT molecular complexity index is 1300. The summed E-state index contributed by atoms with van der Waals surface area (Å²) in [4.78, 5) is 28.1. The van der Waals surface area contributed by atoms with E-state index in [0.717, 1.165) is 4.52 Å². The van der Waals surface area contributed by atoms with Crippen molar-refractivity contribution in [2.24, 2.45) is 0 Å². The van der Waals surface area contributed by atoms with Gasteiger partial charge >= 0.3 is 12.1 Å². The van der Waals surface area contributed by atoms with Crippen molar-refractivity contribution < 1.29 is 27.2 Å². The van der Waals surface area contributed by atoms with Gasteiger partial charge in [0.1, 0.15) is 0 Å². The minimum absolute atomic E-state index is 0.0381. The number of pyridine rings is 1. The molecule has 4 aromatic heterocycles. The first-order valence-electron chi connectivity index (χ1n) is 9.87. The van der Waals surface area contributed by atoms with Gasteiger partial charge in [0.25, 0.3) is 17.5 Å². The van der Waals surface area contributed by atoms with E-state index in [2.05, 4.69) is 30.2 Å². The summed E-state index contributed by atoms with van der Waals surface area (Å²) in [5, 5.41) is 7.36. The molecule has 0 N–H and O–H groups in total. The number of carbonyl (C=O) groups excluding carboxylic acids is 1. The van der Waals surface area contributed by atoms with Gasteiger partial charge in [-0.2, -0.15) is 23.1 Å². The smallest absolute Gasteiger partial charge is 0.453 e. The fourth-order valence-electron chi connectivity index (χ4n) is 3.24. The lowest BCUT2D eigenvalue weighted by Crippen LogP contribution is -2.12. The number of aromatic nitrogens is 7. The molecule has 33 heavy (non-hydrogen) atoms. The molecule has 13 heteroatoms. The van der Waals surface area contributed by atoms with Gasteiger partial charge in [-0.05, 0) is 44.9 Å². The van der Waals surface area contributed by atoms with Crippen LogP contribution < -0.4 is 0 Å². The van der Waals surface area contributed by atoms with Crippen molar-refractivity contribution in [2.45, 2.75) is 45.9 Å². The molecule has 1 atom stereocenters. The lowest BCUT2D eigenvalue weighted by atomic mass is 10.1. The molecule has 0 aliphatic heterocycles. The molecule has 0 saturated heterocycles. The van der Waals surface area contributed by atoms with Gasteiger partial charge in [-0.1, -0.05) is 5.16 Å². The normalized spacial score (nSPS) is 12.8. The van der Waals surface area contributed by atoms with Gasteiger partial charge in [0.05, 0.1) is 0 Å². The highest BCUT2D eigenvalue weighted by Gasteiger charge is 2.37. The number of hydrogen-bond acceptors (Lipinski definition) is 9. The zero-order valence-electron chi connectivity index (χ0n) is 17.8. The van der Waals surface area contributed by atoms with Crippen LogP contribution in [-0.2, 0) is 22.1 Å². The van der Waals surface area contributed by atoms with Crippen molar-refractivity contribution in [1.82, 2.24) is 34.7 Å². The third-order valence-electron chi connectivity index (χ3n) is 4.90. The number of aryl methyl sites for hydroxylation is 2. The van der Waals surface area contributed by atoms with Crippen molar-refractivity contribution in [3.8, 4) is 11.4 Å². The van der Waals surface area contributed by atoms with E-state index < -0.39 is 24.1 Å². The Morgan fingerprint density at radius 1 is 1.24 bits per heavy atom. The maximum Gasteiger partial charge on any atom is 0.453 e. The number of ether oxygens (including phenoxy) is 1. The Morgan fingerprint density at radius 3 is 2.73 bits per heavy atom. The van der Waals surface area contributed by atoms with Gasteiger partial charge in [-0.25, -0.2) is 9.50 Å². The molecule has 0 amide bonds. The van der Waals surface area contributed by atoms with Gasteiger partial charge in [-0.15, -0.1) is 5.10 Å². The maximum atomic E-state index is 12.9. The predicted octanol–water partition coefficient (Wildman–Crippen LogP) is 3.44. The van der Waals surface area contributed by atoms with Crippen molar-refractivity contribution in [3.63, 3.8) is 0 Å². The van der Waals surface area contributed by atoms with Crippen LogP contribution in [0.1, 0.15) is 48.1 Å². The van der Waals surface area contributed by atoms with Gasteiger partial charge in [0, 0.05) is 35.8 Å². The third-order valence-corrected chi connectivity index (χ3v) is 4.90. The molecule has 4 aromatic rings. The van der Waals surface area contributed by atoms with Crippen LogP contribution >= 0.6 is 0 Å². The summed E-state index contributed by atoms with van der Waals surface area (Å²) in [6.07, 6.45) is -2.12. The standard InChI is InChI=1S/C20H18F3N7O3/c1-10-14(11(2)30-19(25-10)27-18(28-30)20(21,22)23)6-7-15(31)32-12(3)17-26-16(29-33-17)13-5-4-8-24-9-13/h4-5,8-9,12H,6-7H2,1-3H3. The Labute approximate surface area is 184 Å². The molecule has 0 radical (unpaired) electrons. The van der Waals surface area contributed by atoms with Crippen LogP contribution in [0.5, 0.6) is 0 Å². The van der Waals surface area contributed by atoms with Crippen LogP contribution in [-0.4, -0.2) is 40.7 Å². The average Bonchev–Trinajstić information content (AvgIpc) is 3.42. The Balaban J connectivity index is 1.43. The minimum Gasteiger partial charge on any atom is -0.453 e. The highest BCUT2D eigenvalue weighted by Crippen LogP contribution is 2.27. The number of hydrogen-bond donors (Lipinski definition) is 0. The highest BCUT2D eigenvalue weighted by molar-refractivity contribution is 5.70. The molecule has 172 valence electrons. The Hall–Kier alpha value is -3.90. The summed E-state index contributed by atoms with van der Waals surface area (Å²) in [6, 6.07) is 3.49. The molecule has 4 heterocycles. The second-order valence-electron chi connectivity index (χ2n) is 7.24. The molecule has 0 aromatic carbocycles. The molecule has 10 nitrogen and oxygen atoms in total. The van der Waals surface area contributed by atoms with E-state index in [1.807, 2.05) is 0 Å². The minimum atomic E-state index is -4.68. The van der Waals surface area contributed by atoms with E-state index in [-0.39, 0.29) is 24.5 Å². The summed E-state index contributed by atoms with van der Waals surface area (Å²) in [5.41, 5.74) is 2.11. The lowest BCUT2D eigenvalue weighted by Gasteiger charge is -2.12. The third kappa shape index (κ3) is 4.66. The van der Waals surface area contributed by atoms with E-state index in [9.17, 15) is 18.0 Å². The number of fused-ring (bicyclic) bond motifs is 1. The summed E-state index contributed by atoms with van der Waals surface area (Å²) in [7, 11) is 0. The molecule has 0 bridgehead atoms. The van der Waals surface area contributed by atoms with Gasteiger partial charge < -0.3 is 9.26 Å². The summed E-state index contributed by atoms with van der Waals surface area (Å²) < 4.78 is 50.3. The first-order valence-corrected chi connectivity index (χ1v) is 9.87. The van der Waals surface area contributed by atoms with Crippen LogP contribution in [0.4, 0.5) is 13.2 Å². The van der Waals surface area contributed by atoms with E-state index in [0.29, 0.717) is 28.3 Å².